The second-order valence-corrected chi connectivity index (χ2v) is 4.90. The molecule has 0 heterocycles. The topological polar surface area (TPSA) is 35.5 Å². The van der Waals surface area contributed by atoms with Gasteiger partial charge < -0.3 is 9.47 Å². The summed E-state index contributed by atoms with van der Waals surface area (Å²) in [5.74, 6) is 0.0439. The minimum absolute atomic E-state index is 0.0935. The first-order valence-corrected chi connectivity index (χ1v) is 6.93. The molecule has 0 saturated carbocycles. The van der Waals surface area contributed by atoms with E-state index in [1.54, 1.807) is 0 Å². The van der Waals surface area contributed by atoms with Crippen molar-refractivity contribution in [2.45, 2.75) is 27.2 Å². The van der Waals surface area contributed by atoms with Crippen LogP contribution in [0.4, 0.5) is 0 Å². The van der Waals surface area contributed by atoms with Crippen molar-refractivity contribution >= 4 is 5.97 Å². The molecule has 1 unspecified atom stereocenters. The molecule has 1 atom stereocenters. The first kappa shape index (κ1) is 15.7. The zero-order chi connectivity index (χ0) is 14.1. The Labute approximate surface area is 115 Å². The van der Waals surface area contributed by atoms with Crippen LogP contribution in [0.5, 0.6) is 0 Å². The number of benzene rings is 1. The summed E-state index contributed by atoms with van der Waals surface area (Å²) in [7, 11) is 0. The van der Waals surface area contributed by atoms with Gasteiger partial charge in [0.2, 0.25) is 0 Å². The lowest BCUT2D eigenvalue weighted by Crippen LogP contribution is -2.26. The fourth-order valence-corrected chi connectivity index (χ4v) is 1.91. The molecule has 3 nitrogen and oxygen atoms in total. The van der Waals surface area contributed by atoms with Gasteiger partial charge in [-0.15, -0.1) is 0 Å². The lowest BCUT2D eigenvalue weighted by molar-refractivity contribution is -0.151. The summed E-state index contributed by atoms with van der Waals surface area (Å²) in [5, 5.41) is 0. The molecule has 0 amide bonds. The van der Waals surface area contributed by atoms with E-state index in [2.05, 4.69) is 13.8 Å². The summed E-state index contributed by atoms with van der Waals surface area (Å²) in [4.78, 5) is 12.1. The smallest absolute Gasteiger partial charge is 0.309 e. The van der Waals surface area contributed by atoms with E-state index in [0.29, 0.717) is 19.8 Å². The van der Waals surface area contributed by atoms with Crippen LogP contribution in [-0.4, -0.2) is 25.8 Å². The van der Waals surface area contributed by atoms with Gasteiger partial charge in [0.15, 0.2) is 0 Å². The SMILES string of the molecule is CCOCCOC(=O)C(Cc1ccccc1)C(C)C. The van der Waals surface area contributed by atoms with Crippen LogP contribution in [0.1, 0.15) is 26.3 Å². The Hall–Kier alpha value is -1.35. The summed E-state index contributed by atoms with van der Waals surface area (Å²) < 4.78 is 10.4. The van der Waals surface area contributed by atoms with Crippen LogP contribution in [0.25, 0.3) is 0 Å². The van der Waals surface area contributed by atoms with Gasteiger partial charge in [0.05, 0.1) is 12.5 Å². The molecule has 3 heteroatoms. The molecule has 0 aliphatic heterocycles. The van der Waals surface area contributed by atoms with Gasteiger partial charge in [-0.25, -0.2) is 0 Å². The highest BCUT2D eigenvalue weighted by molar-refractivity contribution is 5.73. The van der Waals surface area contributed by atoms with Crippen LogP contribution in [0.15, 0.2) is 30.3 Å². The van der Waals surface area contributed by atoms with Gasteiger partial charge in [-0.1, -0.05) is 44.2 Å². The molecule has 0 bridgehead atoms. The number of carbonyl (C=O) groups excluding carboxylic acids is 1. The molecule has 0 fully saturated rings. The number of ether oxygens (including phenoxy) is 2. The largest absolute Gasteiger partial charge is 0.463 e. The maximum Gasteiger partial charge on any atom is 0.309 e. The van der Waals surface area contributed by atoms with E-state index in [-0.39, 0.29) is 17.8 Å². The Morgan fingerprint density at radius 3 is 2.42 bits per heavy atom. The first-order valence-electron chi connectivity index (χ1n) is 6.93. The number of hydrogen-bond acceptors (Lipinski definition) is 3. The van der Waals surface area contributed by atoms with Crippen molar-refractivity contribution in [1.82, 2.24) is 0 Å². The molecule has 0 radical (unpaired) electrons. The van der Waals surface area contributed by atoms with E-state index >= 15 is 0 Å². The quantitative estimate of drug-likeness (QED) is 0.534. The van der Waals surface area contributed by atoms with Crippen molar-refractivity contribution in [1.29, 1.82) is 0 Å². The molecule has 0 N–H and O–H groups in total. The summed E-state index contributed by atoms with van der Waals surface area (Å²) in [6, 6.07) is 10.1. The van der Waals surface area contributed by atoms with Gasteiger partial charge in [-0.3, -0.25) is 4.79 Å². The predicted molar refractivity (Wildman–Crippen MR) is 75.9 cm³/mol. The van der Waals surface area contributed by atoms with Gasteiger partial charge in [-0.2, -0.15) is 0 Å². The average molecular weight is 264 g/mol. The van der Waals surface area contributed by atoms with Gasteiger partial charge in [0, 0.05) is 6.61 Å². The van der Waals surface area contributed by atoms with Crippen LogP contribution in [0.2, 0.25) is 0 Å². The third-order valence-corrected chi connectivity index (χ3v) is 3.08. The van der Waals surface area contributed by atoms with Gasteiger partial charge in [0.25, 0.3) is 0 Å². The number of esters is 1. The molecular weight excluding hydrogens is 240 g/mol. The van der Waals surface area contributed by atoms with Crippen LogP contribution < -0.4 is 0 Å². The Kier molecular flexibility index (Phi) is 7.19. The first-order chi connectivity index (χ1) is 9.15. The van der Waals surface area contributed by atoms with E-state index in [9.17, 15) is 4.79 Å². The van der Waals surface area contributed by atoms with Crippen molar-refractivity contribution in [3.63, 3.8) is 0 Å². The maximum atomic E-state index is 12.1. The fourth-order valence-electron chi connectivity index (χ4n) is 1.91. The van der Waals surface area contributed by atoms with Crippen molar-refractivity contribution < 1.29 is 14.3 Å². The molecule has 0 aliphatic rings. The summed E-state index contributed by atoms with van der Waals surface area (Å²) in [6.07, 6.45) is 0.728. The molecule has 1 aromatic carbocycles. The van der Waals surface area contributed by atoms with E-state index in [0.717, 1.165) is 6.42 Å². The zero-order valence-corrected chi connectivity index (χ0v) is 12.1. The van der Waals surface area contributed by atoms with E-state index in [4.69, 9.17) is 9.47 Å². The highest BCUT2D eigenvalue weighted by Gasteiger charge is 2.23. The zero-order valence-electron chi connectivity index (χ0n) is 12.1. The number of rotatable bonds is 8. The minimum Gasteiger partial charge on any atom is -0.463 e. The summed E-state index contributed by atoms with van der Waals surface area (Å²) >= 11 is 0. The monoisotopic (exact) mass is 264 g/mol. The average Bonchev–Trinajstić information content (AvgIpc) is 2.41. The molecule has 0 aliphatic carbocycles. The van der Waals surface area contributed by atoms with E-state index in [1.165, 1.54) is 5.56 Å². The molecule has 0 spiro atoms. The third kappa shape index (κ3) is 5.88. The Morgan fingerprint density at radius 2 is 1.84 bits per heavy atom. The second kappa shape index (κ2) is 8.70. The molecule has 1 rings (SSSR count). The van der Waals surface area contributed by atoms with Crippen molar-refractivity contribution in [3.8, 4) is 0 Å². The molecule has 106 valence electrons. The summed E-state index contributed by atoms with van der Waals surface area (Å²) in [6.45, 7) is 7.49. The van der Waals surface area contributed by atoms with Crippen molar-refractivity contribution in [2.75, 3.05) is 19.8 Å². The molecular formula is C16H24O3. The minimum atomic E-state index is -0.126. The lowest BCUT2D eigenvalue weighted by atomic mass is 9.89. The Morgan fingerprint density at radius 1 is 1.16 bits per heavy atom. The number of carbonyl (C=O) groups is 1. The summed E-state index contributed by atoms with van der Waals surface area (Å²) in [5.41, 5.74) is 1.17. The molecule has 0 aromatic heterocycles. The molecule has 0 saturated heterocycles. The normalized spacial score (nSPS) is 12.4. The fraction of sp³-hybridized carbons (Fsp3) is 0.562. The Bertz CT molecular complexity index is 360. The van der Waals surface area contributed by atoms with Gasteiger partial charge >= 0.3 is 5.97 Å². The highest BCUT2D eigenvalue weighted by atomic mass is 16.6. The van der Waals surface area contributed by atoms with Crippen molar-refractivity contribution in [2.24, 2.45) is 11.8 Å². The van der Waals surface area contributed by atoms with E-state index < -0.39 is 0 Å². The highest BCUT2D eigenvalue weighted by Crippen LogP contribution is 2.18. The second-order valence-electron chi connectivity index (χ2n) is 4.90. The standard InChI is InChI=1S/C16H24O3/c1-4-18-10-11-19-16(17)15(13(2)3)12-14-8-6-5-7-9-14/h5-9,13,15H,4,10-12H2,1-3H3. The maximum absolute atomic E-state index is 12.1. The Balaban J connectivity index is 2.50. The van der Waals surface area contributed by atoms with Gasteiger partial charge in [-0.05, 0) is 24.8 Å². The lowest BCUT2D eigenvalue weighted by Gasteiger charge is -2.19. The van der Waals surface area contributed by atoms with Crippen molar-refractivity contribution in [3.05, 3.63) is 35.9 Å². The molecule has 1 aromatic rings. The predicted octanol–water partition coefficient (Wildman–Crippen LogP) is 3.08. The van der Waals surface area contributed by atoms with Crippen LogP contribution in [-0.2, 0) is 20.7 Å². The third-order valence-electron chi connectivity index (χ3n) is 3.08. The van der Waals surface area contributed by atoms with E-state index in [1.807, 2.05) is 37.3 Å². The number of hydrogen-bond donors (Lipinski definition) is 0. The van der Waals surface area contributed by atoms with Gasteiger partial charge in [0.1, 0.15) is 6.61 Å². The van der Waals surface area contributed by atoms with Crippen LogP contribution >= 0.6 is 0 Å². The van der Waals surface area contributed by atoms with Crippen LogP contribution in [0.3, 0.4) is 0 Å². The molecule has 19 heavy (non-hydrogen) atoms. The van der Waals surface area contributed by atoms with Crippen LogP contribution in [0, 0.1) is 11.8 Å².